The molecule has 5 fully saturated rings. The van der Waals surface area contributed by atoms with Crippen LogP contribution >= 0.6 is 0 Å². The fourth-order valence-electron chi connectivity index (χ4n) is 10.1. The average molecular weight is 542 g/mol. The number of amides is 2. The summed E-state index contributed by atoms with van der Waals surface area (Å²) < 4.78 is 10.7. The van der Waals surface area contributed by atoms with Crippen LogP contribution in [0.4, 0.5) is 4.79 Å². The van der Waals surface area contributed by atoms with Gasteiger partial charge >= 0.3 is 11.7 Å². The van der Waals surface area contributed by atoms with E-state index in [2.05, 4.69) is 18.7 Å². The Morgan fingerprint density at radius 2 is 1.87 bits per heavy atom. The smallest absolute Gasteiger partial charge is 0.335 e. The molecule has 216 valence electrons. The summed E-state index contributed by atoms with van der Waals surface area (Å²) in [6.07, 6.45) is 10.8. The molecule has 0 aromatic carbocycles. The van der Waals surface area contributed by atoms with Crippen LogP contribution in [0.2, 0.25) is 0 Å². The molecule has 3 N–H and O–H groups in total. The van der Waals surface area contributed by atoms with Gasteiger partial charge < -0.3 is 29.8 Å². The maximum atomic E-state index is 13.5. The van der Waals surface area contributed by atoms with Crippen LogP contribution in [0.15, 0.2) is 27.6 Å². The number of hydrogen-bond donors (Lipinski definition) is 2. The summed E-state index contributed by atoms with van der Waals surface area (Å²) >= 11 is 0. The predicted octanol–water partition coefficient (Wildman–Crippen LogP) is 3.96. The fourth-order valence-corrected chi connectivity index (χ4v) is 10.1. The third-order valence-electron chi connectivity index (χ3n) is 12.3. The predicted molar refractivity (Wildman–Crippen MR) is 148 cm³/mol. The van der Waals surface area contributed by atoms with Crippen molar-refractivity contribution in [1.29, 1.82) is 0 Å². The molecule has 0 radical (unpaired) electrons. The summed E-state index contributed by atoms with van der Waals surface area (Å²) in [6.45, 7) is 8.41. The lowest BCUT2D eigenvalue weighted by Gasteiger charge is -2.64. The van der Waals surface area contributed by atoms with Crippen LogP contribution in [0.25, 0.3) is 0 Å². The minimum atomic E-state index is -0.695. The summed E-state index contributed by atoms with van der Waals surface area (Å²) in [7, 11) is 0. The maximum absolute atomic E-state index is 13.5. The molecule has 1 aliphatic heterocycles. The van der Waals surface area contributed by atoms with Crippen molar-refractivity contribution in [2.24, 2.45) is 34.3 Å². The van der Waals surface area contributed by atoms with E-state index in [0.717, 1.165) is 63.4 Å². The third-order valence-corrected chi connectivity index (χ3v) is 12.3. The first-order valence-electron chi connectivity index (χ1n) is 15.4. The van der Waals surface area contributed by atoms with Gasteiger partial charge in [-0.1, -0.05) is 13.8 Å². The summed E-state index contributed by atoms with van der Waals surface area (Å²) in [5.74, 6) is 1.57. The summed E-state index contributed by atoms with van der Waals surface area (Å²) in [6, 6.07) is 3.79. The molecule has 5 aliphatic rings. The highest BCUT2D eigenvalue weighted by atomic mass is 16.5. The van der Waals surface area contributed by atoms with Gasteiger partial charge in [-0.15, -0.1) is 0 Å². The zero-order valence-corrected chi connectivity index (χ0v) is 23.8. The number of carbonyl (C=O) groups is 1. The number of fused-ring (bicyclic) bond motifs is 5. The maximum Gasteiger partial charge on any atom is 0.335 e. The molecule has 4 aliphatic carbocycles. The molecule has 2 heterocycles. The molecule has 8 atom stereocenters. The molecule has 1 aromatic rings. The van der Waals surface area contributed by atoms with Gasteiger partial charge in [0.15, 0.2) is 0 Å². The Morgan fingerprint density at radius 3 is 2.59 bits per heavy atom. The van der Waals surface area contributed by atoms with Gasteiger partial charge in [-0.2, -0.15) is 0 Å². The summed E-state index contributed by atoms with van der Waals surface area (Å²) in [5, 5.41) is 12.5. The van der Waals surface area contributed by atoms with Gasteiger partial charge in [0.25, 0.3) is 0 Å². The van der Waals surface area contributed by atoms with Crippen LogP contribution in [0.3, 0.4) is 0 Å². The highest BCUT2D eigenvalue weighted by molar-refractivity contribution is 5.75. The SMILES string of the molecule is C[C@]12CC[C@H](N(CCN)C(=O)N3CCOCC3)C[C@H]1CC[C@@H]1[C@@H]2CC[C@]2(C)[C@@H](c3ccc(=O)oc3)CC[C@]12O. The zero-order chi connectivity index (χ0) is 27.4. The van der Waals surface area contributed by atoms with Gasteiger partial charge in [0, 0.05) is 43.7 Å². The van der Waals surface area contributed by atoms with Crippen molar-refractivity contribution in [2.45, 2.75) is 89.2 Å². The molecule has 0 bridgehead atoms. The molecular formula is C31H47N3O5. The van der Waals surface area contributed by atoms with Crippen LogP contribution in [0, 0.1) is 28.6 Å². The van der Waals surface area contributed by atoms with Gasteiger partial charge in [0.2, 0.25) is 0 Å². The number of hydrogen-bond acceptors (Lipinski definition) is 6. The van der Waals surface area contributed by atoms with E-state index in [-0.39, 0.29) is 34.4 Å². The largest absolute Gasteiger partial charge is 0.431 e. The summed E-state index contributed by atoms with van der Waals surface area (Å²) in [5.41, 5.74) is 6.01. The topological polar surface area (TPSA) is 109 Å². The number of nitrogens with zero attached hydrogens (tertiary/aromatic N) is 2. The average Bonchev–Trinajstić information content (AvgIpc) is 3.23. The fraction of sp³-hybridized carbons (Fsp3) is 0.806. The Balaban J connectivity index is 1.20. The molecular weight excluding hydrogens is 494 g/mol. The van der Waals surface area contributed by atoms with Crippen molar-refractivity contribution in [3.8, 4) is 0 Å². The van der Waals surface area contributed by atoms with Crippen LogP contribution in [-0.2, 0) is 4.74 Å². The highest BCUT2D eigenvalue weighted by Gasteiger charge is 2.67. The molecule has 1 saturated heterocycles. The standard InChI is InChI=1S/C31H47N3O5/c1-29-10-7-23(34(14-13-32)28(36)33-15-17-38-18-16-33)19-22(29)4-5-26-25(29)8-11-30(2)24(9-12-31(26,30)37)21-3-6-27(35)39-20-21/h3,6,20,22-26,37H,4-5,7-19,32H2,1-2H3/t22-,23+,24-,25+,26-,29+,30-,31+/m1/s1. The minimum Gasteiger partial charge on any atom is -0.431 e. The van der Waals surface area contributed by atoms with Crippen molar-refractivity contribution in [2.75, 3.05) is 39.4 Å². The normalized spacial score (nSPS) is 41.8. The summed E-state index contributed by atoms with van der Waals surface area (Å²) in [4.78, 5) is 29.1. The molecule has 6 rings (SSSR count). The number of rotatable bonds is 4. The Labute approximate surface area is 232 Å². The van der Waals surface area contributed by atoms with Gasteiger partial charge in [0.05, 0.1) is 25.1 Å². The second-order valence-corrected chi connectivity index (χ2v) is 13.6. The van der Waals surface area contributed by atoms with Crippen molar-refractivity contribution >= 4 is 6.03 Å². The first kappa shape index (κ1) is 27.3. The van der Waals surface area contributed by atoms with E-state index in [0.29, 0.717) is 57.1 Å². The van der Waals surface area contributed by atoms with Gasteiger partial charge in [0.1, 0.15) is 0 Å². The van der Waals surface area contributed by atoms with Crippen molar-refractivity contribution in [3.63, 3.8) is 0 Å². The monoisotopic (exact) mass is 541 g/mol. The Bertz CT molecular complexity index is 1100. The van der Waals surface area contributed by atoms with E-state index in [1.165, 1.54) is 6.07 Å². The van der Waals surface area contributed by atoms with Gasteiger partial charge in [-0.25, -0.2) is 9.59 Å². The molecule has 0 spiro atoms. The highest BCUT2D eigenvalue weighted by Crippen LogP contribution is 2.70. The molecule has 2 amide bonds. The number of nitrogens with two attached hydrogens (primary N) is 1. The lowest BCUT2D eigenvalue weighted by molar-refractivity contribution is -0.203. The van der Waals surface area contributed by atoms with E-state index in [1.807, 2.05) is 11.0 Å². The molecule has 1 aromatic heterocycles. The molecule has 0 unspecified atom stereocenters. The van der Waals surface area contributed by atoms with Crippen molar-refractivity contribution < 1.29 is 19.1 Å². The van der Waals surface area contributed by atoms with Crippen LogP contribution < -0.4 is 11.4 Å². The molecule has 39 heavy (non-hydrogen) atoms. The number of urea groups is 1. The first-order valence-corrected chi connectivity index (χ1v) is 15.4. The van der Waals surface area contributed by atoms with Crippen molar-refractivity contribution in [1.82, 2.24) is 9.80 Å². The van der Waals surface area contributed by atoms with E-state index < -0.39 is 5.60 Å². The Hall–Kier alpha value is -1.90. The molecule has 8 heteroatoms. The van der Waals surface area contributed by atoms with Crippen LogP contribution in [-0.4, -0.2) is 72.0 Å². The van der Waals surface area contributed by atoms with E-state index >= 15 is 0 Å². The minimum absolute atomic E-state index is 0.127. The number of morpholine rings is 1. The second-order valence-electron chi connectivity index (χ2n) is 13.6. The quantitative estimate of drug-likeness (QED) is 0.597. The van der Waals surface area contributed by atoms with Crippen LogP contribution in [0.1, 0.15) is 83.1 Å². The van der Waals surface area contributed by atoms with E-state index in [1.54, 1.807) is 6.26 Å². The molecule has 8 nitrogen and oxygen atoms in total. The number of ether oxygens (including phenoxy) is 1. The van der Waals surface area contributed by atoms with Crippen LogP contribution in [0.5, 0.6) is 0 Å². The number of carbonyl (C=O) groups excluding carboxylic acids is 1. The third kappa shape index (κ3) is 4.27. The Morgan fingerprint density at radius 1 is 1.08 bits per heavy atom. The molecule has 4 saturated carbocycles. The Kier molecular flexibility index (Phi) is 7.12. The lowest BCUT2D eigenvalue weighted by atomic mass is 9.43. The second kappa shape index (κ2) is 10.2. The zero-order valence-electron chi connectivity index (χ0n) is 23.8. The van der Waals surface area contributed by atoms with Gasteiger partial charge in [-0.3, -0.25) is 0 Å². The lowest BCUT2D eigenvalue weighted by Crippen LogP contribution is -2.63. The van der Waals surface area contributed by atoms with Crippen molar-refractivity contribution in [3.05, 3.63) is 34.4 Å². The van der Waals surface area contributed by atoms with E-state index in [9.17, 15) is 14.7 Å². The number of aliphatic hydroxyl groups is 1. The first-order chi connectivity index (χ1) is 18.7. The van der Waals surface area contributed by atoms with Gasteiger partial charge in [-0.05, 0) is 98.5 Å². The van der Waals surface area contributed by atoms with E-state index in [4.69, 9.17) is 14.9 Å².